The lowest BCUT2D eigenvalue weighted by Gasteiger charge is -2.38. The first-order valence-corrected chi connectivity index (χ1v) is 15.1. The van der Waals surface area contributed by atoms with Crippen molar-refractivity contribution in [2.75, 3.05) is 0 Å². The van der Waals surface area contributed by atoms with Crippen molar-refractivity contribution in [2.45, 2.75) is 95.9 Å². The molecule has 234 valence electrons. The molecule has 1 heterocycles. The summed E-state index contributed by atoms with van der Waals surface area (Å²) >= 11 is 0. The molecule has 1 unspecified atom stereocenters. The van der Waals surface area contributed by atoms with Crippen LogP contribution in [0.5, 0.6) is 0 Å². The predicted molar refractivity (Wildman–Crippen MR) is 164 cm³/mol. The summed E-state index contributed by atoms with van der Waals surface area (Å²) in [7, 11) is 0. The maximum absolute atomic E-state index is 14.5. The van der Waals surface area contributed by atoms with Crippen LogP contribution in [0.3, 0.4) is 0 Å². The van der Waals surface area contributed by atoms with Crippen molar-refractivity contribution in [1.29, 1.82) is 0 Å². The third-order valence-corrected chi connectivity index (χ3v) is 8.96. The summed E-state index contributed by atoms with van der Waals surface area (Å²) in [4.78, 5) is 12.9. The highest BCUT2D eigenvalue weighted by molar-refractivity contribution is 5.95. The summed E-state index contributed by atoms with van der Waals surface area (Å²) in [5, 5.41) is 19.5. The van der Waals surface area contributed by atoms with Gasteiger partial charge >= 0.3 is 6.18 Å². The van der Waals surface area contributed by atoms with Gasteiger partial charge in [-0.1, -0.05) is 44.9 Å². The Morgan fingerprint density at radius 2 is 1.77 bits per heavy atom. The fraction of sp³-hybridized carbons (Fsp3) is 0.429. The smallest absolute Gasteiger partial charge is 0.380 e. The van der Waals surface area contributed by atoms with Gasteiger partial charge in [-0.25, -0.2) is 9.07 Å². The minimum absolute atomic E-state index is 0.0536. The maximum Gasteiger partial charge on any atom is 0.417 e. The molecule has 9 heteroatoms. The first kappa shape index (κ1) is 31.7. The van der Waals surface area contributed by atoms with Gasteiger partial charge in [-0.05, 0) is 110 Å². The number of aromatic nitrogens is 2. The summed E-state index contributed by atoms with van der Waals surface area (Å²) in [6.45, 7) is 6.78. The van der Waals surface area contributed by atoms with E-state index in [1.807, 2.05) is 25.1 Å². The summed E-state index contributed by atoms with van der Waals surface area (Å²) in [5.74, 6) is -0.678. The molecule has 0 bridgehead atoms. The average molecular weight is 610 g/mol. The topological polar surface area (TPSA) is 67.2 Å². The van der Waals surface area contributed by atoms with Crippen molar-refractivity contribution >= 4 is 16.8 Å². The van der Waals surface area contributed by atoms with Crippen LogP contribution in [0, 0.1) is 19.7 Å². The van der Waals surface area contributed by atoms with Gasteiger partial charge < -0.3 is 10.4 Å². The fourth-order valence-corrected chi connectivity index (χ4v) is 6.71. The summed E-state index contributed by atoms with van der Waals surface area (Å²) in [6.07, 6.45) is -0.381. The number of hydrogen-bond acceptors (Lipinski definition) is 3. The van der Waals surface area contributed by atoms with Crippen molar-refractivity contribution in [3.8, 4) is 5.69 Å². The molecule has 1 aliphatic carbocycles. The third-order valence-electron chi connectivity index (χ3n) is 8.96. The zero-order valence-electron chi connectivity index (χ0n) is 25.6. The number of halogens is 4. The van der Waals surface area contributed by atoms with Crippen LogP contribution in [0.25, 0.3) is 16.6 Å². The fourth-order valence-electron chi connectivity index (χ4n) is 6.71. The van der Waals surface area contributed by atoms with E-state index >= 15 is 0 Å². The van der Waals surface area contributed by atoms with Crippen molar-refractivity contribution in [1.82, 2.24) is 15.1 Å². The van der Waals surface area contributed by atoms with Crippen LogP contribution in [0.1, 0.15) is 85.0 Å². The van der Waals surface area contributed by atoms with E-state index in [0.717, 1.165) is 31.2 Å². The Morgan fingerprint density at radius 3 is 2.48 bits per heavy atom. The first-order valence-electron chi connectivity index (χ1n) is 15.1. The van der Waals surface area contributed by atoms with Crippen LogP contribution in [-0.4, -0.2) is 38.6 Å². The van der Waals surface area contributed by atoms with Crippen LogP contribution in [0.4, 0.5) is 17.6 Å². The number of aryl methyl sites for hydroxylation is 3. The number of aliphatic hydroxyl groups is 1. The van der Waals surface area contributed by atoms with Crippen molar-refractivity contribution in [2.24, 2.45) is 0 Å². The molecule has 44 heavy (non-hydrogen) atoms. The number of carbonyl (C=O) groups excluding carboxylic acids is 1. The second-order valence-electron chi connectivity index (χ2n) is 13.0. The van der Waals surface area contributed by atoms with E-state index in [-0.39, 0.29) is 18.4 Å². The van der Waals surface area contributed by atoms with Gasteiger partial charge in [0, 0.05) is 17.0 Å². The Labute approximate surface area is 255 Å². The number of nitrogens with zero attached hydrogens (tertiary/aromatic N) is 2. The molecule has 1 saturated carbocycles. The van der Waals surface area contributed by atoms with Crippen LogP contribution < -0.4 is 5.32 Å². The lowest BCUT2D eigenvalue weighted by atomic mass is 9.72. The molecule has 0 aliphatic heterocycles. The van der Waals surface area contributed by atoms with E-state index in [9.17, 15) is 27.5 Å². The Morgan fingerprint density at radius 1 is 1.05 bits per heavy atom. The van der Waals surface area contributed by atoms with Gasteiger partial charge in [-0.3, -0.25) is 4.79 Å². The van der Waals surface area contributed by atoms with Gasteiger partial charge in [0.05, 0.1) is 17.4 Å². The third kappa shape index (κ3) is 6.53. The van der Waals surface area contributed by atoms with Crippen molar-refractivity contribution in [3.63, 3.8) is 0 Å². The Bertz CT molecular complexity index is 1670. The quantitative estimate of drug-likeness (QED) is 0.189. The van der Waals surface area contributed by atoms with E-state index in [0.29, 0.717) is 38.8 Å². The van der Waals surface area contributed by atoms with Crippen LogP contribution in [-0.2, 0) is 11.8 Å². The monoisotopic (exact) mass is 609 g/mol. The average Bonchev–Trinajstić information content (AvgIpc) is 3.62. The highest BCUT2D eigenvalue weighted by Crippen LogP contribution is 2.44. The molecule has 2 N–H and O–H groups in total. The number of carbonyl (C=O) groups is 1. The lowest BCUT2D eigenvalue weighted by molar-refractivity contribution is -0.269. The van der Waals surface area contributed by atoms with Crippen LogP contribution in [0.15, 0.2) is 60.8 Å². The molecule has 4 aromatic rings. The van der Waals surface area contributed by atoms with Crippen molar-refractivity contribution in [3.05, 3.63) is 94.4 Å². The van der Waals surface area contributed by atoms with E-state index in [2.05, 4.69) is 10.4 Å². The van der Waals surface area contributed by atoms with Crippen molar-refractivity contribution < 1.29 is 27.5 Å². The Kier molecular flexibility index (Phi) is 8.64. The zero-order valence-corrected chi connectivity index (χ0v) is 25.6. The predicted octanol–water partition coefficient (Wildman–Crippen LogP) is 8.05. The van der Waals surface area contributed by atoms with Gasteiger partial charge in [-0.15, -0.1) is 0 Å². The van der Waals surface area contributed by atoms with Gasteiger partial charge in [0.2, 0.25) is 0 Å². The zero-order chi connectivity index (χ0) is 31.9. The summed E-state index contributed by atoms with van der Waals surface area (Å²) in [6, 6.07) is 15.1. The molecule has 1 atom stereocenters. The number of rotatable bonds is 9. The van der Waals surface area contributed by atoms with E-state index in [1.165, 1.54) is 18.2 Å². The molecule has 0 radical (unpaired) electrons. The van der Waals surface area contributed by atoms with Gasteiger partial charge in [0.1, 0.15) is 5.82 Å². The van der Waals surface area contributed by atoms with Crippen LogP contribution in [0.2, 0.25) is 0 Å². The number of benzene rings is 3. The highest BCUT2D eigenvalue weighted by atomic mass is 19.4. The van der Waals surface area contributed by atoms with Gasteiger partial charge in [0.25, 0.3) is 5.91 Å². The van der Waals surface area contributed by atoms with E-state index in [1.54, 1.807) is 49.8 Å². The minimum Gasteiger partial charge on any atom is -0.380 e. The number of alkyl halides is 3. The second-order valence-corrected chi connectivity index (χ2v) is 13.0. The molecule has 1 aliphatic rings. The maximum atomic E-state index is 14.5. The second kappa shape index (κ2) is 12.0. The van der Waals surface area contributed by atoms with E-state index in [4.69, 9.17) is 0 Å². The summed E-state index contributed by atoms with van der Waals surface area (Å²) in [5.41, 5.74) is 0.249. The number of amides is 1. The molecule has 5 nitrogen and oxygen atoms in total. The first-order chi connectivity index (χ1) is 20.7. The standard InChI is InChI=1S/C35H39F4N3O2/c1-22-16-24(14-15-34(44,35(37,38)39)21-33(3,4)30-19-26(36)13-12-23(30)2)29-20-40-42(31(29)17-22)28-11-7-8-25(18-28)32(43)41-27-9-5-6-10-27/h7-8,11-13,16-20,27,44H,5-6,9-10,14-15,21H2,1-4H3,(H,41,43). The molecule has 0 spiro atoms. The van der Waals surface area contributed by atoms with Gasteiger partial charge in [-0.2, -0.15) is 18.3 Å². The lowest BCUT2D eigenvalue weighted by Crippen LogP contribution is -2.49. The molecule has 1 amide bonds. The van der Waals surface area contributed by atoms with E-state index < -0.39 is 35.9 Å². The largest absolute Gasteiger partial charge is 0.417 e. The molecule has 1 fully saturated rings. The number of nitrogens with one attached hydrogen (secondary N) is 1. The molecule has 1 aromatic heterocycles. The molecular weight excluding hydrogens is 570 g/mol. The Hall–Kier alpha value is -3.72. The number of fused-ring (bicyclic) bond motifs is 1. The van der Waals surface area contributed by atoms with Crippen LogP contribution >= 0.6 is 0 Å². The Balaban J connectivity index is 1.42. The highest BCUT2D eigenvalue weighted by Gasteiger charge is 2.55. The molecule has 5 rings (SSSR count). The number of hydrogen-bond donors (Lipinski definition) is 2. The SMILES string of the molecule is Cc1cc(CCC(O)(CC(C)(C)c2cc(F)ccc2C)C(F)(F)F)c2cnn(-c3cccc(C(=O)NC4CCCC4)c3)c2c1. The minimum atomic E-state index is -4.90. The molecule has 0 saturated heterocycles. The normalized spacial score (nSPS) is 15.9. The van der Waals surface area contributed by atoms with Gasteiger partial charge in [0.15, 0.2) is 5.60 Å². The molecule has 3 aromatic carbocycles. The molecular formula is C35H39F4N3O2. The summed E-state index contributed by atoms with van der Waals surface area (Å²) < 4.78 is 59.3.